The first-order valence-corrected chi connectivity index (χ1v) is 8.92. The molecule has 0 aliphatic rings. The van der Waals surface area contributed by atoms with E-state index in [0.717, 1.165) is 21.4 Å². The van der Waals surface area contributed by atoms with Crippen molar-refractivity contribution in [2.75, 3.05) is 5.43 Å². The van der Waals surface area contributed by atoms with E-state index in [1.54, 1.807) is 0 Å². The van der Waals surface area contributed by atoms with Crippen LogP contribution in [0.15, 0.2) is 63.5 Å². The van der Waals surface area contributed by atoms with Crippen molar-refractivity contribution in [1.82, 2.24) is 4.98 Å². The Morgan fingerprint density at radius 1 is 1.17 bits per heavy atom. The average Bonchev–Trinajstić information content (AvgIpc) is 3.08. The van der Waals surface area contributed by atoms with E-state index < -0.39 is 0 Å². The number of rotatable bonds is 4. The van der Waals surface area contributed by atoms with Gasteiger partial charge in [-0.15, -0.1) is 11.3 Å². The summed E-state index contributed by atoms with van der Waals surface area (Å²) >= 11 is 10.6. The number of hydrazone groups is 1. The molecule has 0 aliphatic heterocycles. The highest BCUT2D eigenvalue weighted by Gasteiger charge is 2.10. The van der Waals surface area contributed by atoms with Crippen LogP contribution in [0.3, 0.4) is 0 Å². The Morgan fingerprint density at radius 2 is 1.88 bits per heavy atom. The zero-order chi connectivity index (χ0) is 16.9. The SMILES string of the molecule is N#CC(=NNc1ccc(Br)cc1)c1nc(-c2ccc(Cl)cc2)cs1. The Balaban J connectivity index is 1.81. The van der Waals surface area contributed by atoms with Gasteiger partial charge >= 0.3 is 0 Å². The van der Waals surface area contributed by atoms with Crippen molar-refractivity contribution in [2.24, 2.45) is 5.10 Å². The van der Waals surface area contributed by atoms with Crippen molar-refractivity contribution < 1.29 is 0 Å². The maximum Gasteiger partial charge on any atom is 0.196 e. The summed E-state index contributed by atoms with van der Waals surface area (Å²) in [5.41, 5.74) is 5.64. The van der Waals surface area contributed by atoms with E-state index in [-0.39, 0.29) is 5.71 Å². The van der Waals surface area contributed by atoms with Crippen LogP contribution in [0.5, 0.6) is 0 Å². The lowest BCUT2D eigenvalue weighted by Gasteiger charge is -2.00. The summed E-state index contributed by atoms with van der Waals surface area (Å²) in [6.45, 7) is 0. The highest BCUT2D eigenvalue weighted by Crippen LogP contribution is 2.24. The van der Waals surface area contributed by atoms with E-state index in [4.69, 9.17) is 11.6 Å². The number of nitriles is 1. The van der Waals surface area contributed by atoms with Crippen molar-refractivity contribution >= 4 is 50.3 Å². The third-order valence-corrected chi connectivity index (χ3v) is 4.72. The summed E-state index contributed by atoms with van der Waals surface area (Å²) in [6.07, 6.45) is 0. The first-order chi connectivity index (χ1) is 11.7. The van der Waals surface area contributed by atoms with Crippen LogP contribution in [-0.4, -0.2) is 10.7 Å². The quantitative estimate of drug-likeness (QED) is 0.446. The molecule has 0 fully saturated rings. The van der Waals surface area contributed by atoms with Gasteiger partial charge in [-0.1, -0.05) is 39.7 Å². The molecule has 0 unspecified atom stereocenters. The van der Waals surface area contributed by atoms with Crippen LogP contribution >= 0.6 is 38.9 Å². The third kappa shape index (κ3) is 4.01. The monoisotopic (exact) mass is 416 g/mol. The molecule has 1 aromatic heterocycles. The molecule has 1 N–H and O–H groups in total. The van der Waals surface area contributed by atoms with Gasteiger partial charge in [0, 0.05) is 20.4 Å². The number of thiazole rings is 1. The van der Waals surface area contributed by atoms with Crippen molar-refractivity contribution in [1.29, 1.82) is 5.26 Å². The molecule has 24 heavy (non-hydrogen) atoms. The van der Waals surface area contributed by atoms with Gasteiger partial charge in [-0.05, 0) is 36.4 Å². The number of nitrogens with zero attached hydrogens (tertiary/aromatic N) is 3. The summed E-state index contributed by atoms with van der Waals surface area (Å²) in [7, 11) is 0. The van der Waals surface area contributed by atoms with Gasteiger partial charge in [0.25, 0.3) is 0 Å². The smallest absolute Gasteiger partial charge is 0.196 e. The number of halogens is 2. The second kappa shape index (κ2) is 7.58. The Labute approximate surface area is 156 Å². The molecule has 0 amide bonds. The molecule has 0 saturated heterocycles. The number of hydrogen-bond acceptors (Lipinski definition) is 5. The standard InChI is InChI=1S/C17H10BrClN4S/c18-12-3-7-14(8-4-12)22-23-15(9-20)17-21-16(10-24-17)11-1-5-13(19)6-2-11/h1-8,10,22H. The zero-order valence-electron chi connectivity index (χ0n) is 12.2. The molecule has 4 nitrogen and oxygen atoms in total. The Bertz CT molecular complexity index is 911. The molecule has 2 aromatic carbocycles. The molecule has 0 spiro atoms. The van der Waals surface area contributed by atoms with Crippen LogP contribution in [0.2, 0.25) is 5.02 Å². The Kier molecular flexibility index (Phi) is 5.26. The molecule has 0 atom stereocenters. The summed E-state index contributed by atoms with van der Waals surface area (Å²) < 4.78 is 0.977. The first-order valence-electron chi connectivity index (χ1n) is 6.87. The predicted molar refractivity (Wildman–Crippen MR) is 102 cm³/mol. The van der Waals surface area contributed by atoms with Crippen molar-refractivity contribution in [2.45, 2.75) is 0 Å². The highest BCUT2D eigenvalue weighted by molar-refractivity contribution is 9.10. The van der Waals surface area contributed by atoms with Gasteiger partial charge in [0.15, 0.2) is 10.7 Å². The van der Waals surface area contributed by atoms with E-state index in [1.807, 2.05) is 53.9 Å². The van der Waals surface area contributed by atoms with Gasteiger partial charge in [0.2, 0.25) is 0 Å². The number of aromatic nitrogens is 1. The second-order valence-corrected chi connectivity index (χ2v) is 6.95. The molecule has 0 bridgehead atoms. The number of benzene rings is 2. The van der Waals surface area contributed by atoms with E-state index in [1.165, 1.54) is 11.3 Å². The van der Waals surface area contributed by atoms with Gasteiger partial charge in [0.05, 0.1) is 11.4 Å². The summed E-state index contributed by atoms with van der Waals surface area (Å²) in [6, 6.07) is 17.0. The number of anilines is 1. The van der Waals surface area contributed by atoms with Crippen molar-refractivity contribution in [3.8, 4) is 17.3 Å². The third-order valence-electron chi connectivity index (χ3n) is 3.09. The molecule has 118 valence electrons. The second-order valence-electron chi connectivity index (χ2n) is 4.74. The minimum atomic E-state index is 0.239. The first kappa shape index (κ1) is 16.7. The summed E-state index contributed by atoms with van der Waals surface area (Å²) in [4.78, 5) is 4.48. The molecule has 3 aromatic rings. The topological polar surface area (TPSA) is 61.1 Å². The normalized spacial score (nSPS) is 11.1. The number of hydrogen-bond donors (Lipinski definition) is 1. The van der Waals surface area contributed by atoms with Gasteiger partial charge in [-0.25, -0.2) is 4.98 Å². The highest BCUT2D eigenvalue weighted by atomic mass is 79.9. The van der Waals surface area contributed by atoms with Crippen molar-refractivity contribution in [3.63, 3.8) is 0 Å². The summed E-state index contributed by atoms with van der Waals surface area (Å²) in [5.74, 6) is 0. The molecule has 0 saturated carbocycles. The average molecular weight is 418 g/mol. The largest absolute Gasteiger partial charge is 0.277 e. The fraction of sp³-hybridized carbons (Fsp3) is 0. The Hall–Kier alpha value is -2.20. The molecular weight excluding hydrogens is 408 g/mol. The van der Waals surface area contributed by atoms with Crippen molar-refractivity contribution in [3.05, 3.63) is 68.4 Å². The fourth-order valence-electron chi connectivity index (χ4n) is 1.90. The molecule has 0 radical (unpaired) electrons. The minimum absolute atomic E-state index is 0.239. The van der Waals surface area contributed by atoms with E-state index in [9.17, 15) is 5.26 Å². The van der Waals surface area contributed by atoms with Crippen LogP contribution < -0.4 is 5.43 Å². The van der Waals surface area contributed by atoms with Gasteiger partial charge in [-0.3, -0.25) is 5.43 Å². The molecule has 7 heteroatoms. The maximum absolute atomic E-state index is 9.34. The zero-order valence-corrected chi connectivity index (χ0v) is 15.4. The molecule has 1 heterocycles. The molecule has 3 rings (SSSR count). The van der Waals surface area contributed by atoms with E-state index in [2.05, 4.69) is 37.5 Å². The van der Waals surface area contributed by atoms with Gasteiger partial charge < -0.3 is 0 Å². The lowest BCUT2D eigenvalue weighted by Crippen LogP contribution is -2.01. The van der Waals surface area contributed by atoms with Crippen LogP contribution in [0.25, 0.3) is 11.3 Å². The molecular formula is C17H10BrClN4S. The predicted octanol–water partition coefficient (Wildman–Crippen LogP) is 5.57. The Morgan fingerprint density at radius 3 is 2.54 bits per heavy atom. The molecule has 0 aliphatic carbocycles. The number of nitrogens with one attached hydrogen (secondary N) is 1. The van der Waals surface area contributed by atoms with Crippen LogP contribution in [0.1, 0.15) is 5.01 Å². The maximum atomic E-state index is 9.34. The van der Waals surface area contributed by atoms with E-state index in [0.29, 0.717) is 10.0 Å². The van der Waals surface area contributed by atoms with E-state index >= 15 is 0 Å². The lowest BCUT2D eigenvalue weighted by atomic mass is 10.2. The van der Waals surface area contributed by atoms with Crippen LogP contribution in [0, 0.1) is 11.3 Å². The van der Waals surface area contributed by atoms with Gasteiger partial charge in [-0.2, -0.15) is 10.4 Å². The van der Waals surface area contributed by atoms with Gasteiger partial charge in [0.1, 0.15) is 6.07 Å². The summed E-state index contributed by atoms with van der Waals surface area (Å²) in [5, 5.41) is 16.6. The lowest BCUT2D eigenvalue weighted by molar-refractivity contribution is 1.31. The van der Waals surface area contributed by atoms with Crippen LogP contribution in [-0.2, 0) is 0 Å². The fourth-order valence-corrected chi connectivity index (χ4v) is 3.06. The van der Waals surface area contributed by atoms with Crippen LogP contribution in [0.4, 0.5) is 5.69 Å². The minimum Gasteiger partial charge on any atom is -0.277 e.